The number of rotatable bonds is 4. The van der Waals surface area contributed by atoms with E-state index in [0.717, 1.165) is 17.9 Å². The molecule has 2 N–H and O–H groups in total. The van der Waals surface area contributed by atoms with Crippen LogP contribution in [0.25, 0.3) is 22.3 Å². The molecule has 0 atom stereocenters. The van der Waals surface area contributed by atoms with Crippen molar-refractivity contribution >= 4 is 69.5 Å². The Morgan fingerprint density at radius 1 is 0.562 bits per heavy atom. The fourth-order valence-electron chi connectivity index (χ4n) is 3.61. The summed E-state index contributed by atoms with van der Waals surface area (Å²) < 4.78 is 3.22. The molecule has 0 saturated carbocycles. The van der Waals surface area contributed by atoms with Gasteiger partial charge in [-0.1, -0.05) is 88.0 Å². The second-order valence-electron chi connectivity index (χ2n) is 7.04. The SMILES string of the molecule is O=C(c1cccc(O)c1-c1cc(Br)cc(Br)c1)c1cccc(O)c1-c1cc(Br)cc(Br)c1. The molecule has 32 heavy (non-hydrogen) atoms. The number of halogens is 4. The first-order valence-corrected chi connectivity index (χ1v) is 12.5. The van der Waals surface area contributed by atoms with Crippen LogP contribution in [0, 0.1) is 0 Å². The van der Waals surface area contributed by atoms with Gasteiger partial charge in [-0.25, -0.2) is 0 Å². The lowest BCUT2D eigenvalue weighted by Crippen LogP contribution is -2.06. The van der Waals surface area contributed by atoms with Crippen molar-refractivity contribution in [3.63, 3.8) is 0 Å². The summed E-state index contributed by atoms with van der Waals surface area (Å²) in [4.78, 5) is 13.8. The Morgan fingerprint density at radius 2 is 0.906 bits per heavy atom. The molecule has 0 spiro atoms. The summed E-state index contributed by atoms with van der Waals surface area (Å²) in [5.74, 6) is -0.325. The van der Waals surface area contributed by atoms with Gasteiger partial charge in [-0.3, -0.25) is 4.79 Å². The lowest BCUT2D eigenvalue weighted by Gasteiger charge is -2.15. The van der Waals surface area contributed by atoms with E-state index in [4.69, 9.17) is 0 Å². The van der Waals surface area contributed by atoms with E-state index in [-0.39, 0.29) is 17.3 Å². The summed E-state index contributed by atoms with van der Waals surface area (Å²) >= 11 is 13.9. The van der Waals surface area contributed by atoms with Gasteiger partial charge in [0, 0.05) is 40.1 Å². The molecule has 0 bridgehead atoms. The van der Waals surface area contributed by atoms with E-state index < -0.39 is 0 Å². The van der Waals surface area contributed by atoms with Crippen molar-refractivity contribution in [1.29, 1.82) is 0 Å². The Balaban J connectivity index is 1.95. The summed E-state index contributed by atoms with van der Waals surface area (Å²) in [6, 6.07) is 20.8. The zero-order valence-corrected chi connectivity index (χ0v) is 22.6. The van der Waals surface area contributed by atoms with Crippen LogP contribution in [-0.4, -0.2) is 16.0 Å². The number of carbonyl (C=O) groups is 1. The third-order valence-corrected chi connectivity index (χ3v) is 6.71. The van der Waals surface area contributed by atoms with Crippen molar-refractivity contribution in [2.45, 2.75) is 0 Å². The quantitative estimate of drug-likeness (QED) is 0.212. The molecule has 0 radical (unpaired) electrons. The number of aromatic hydroxyl groups is 2. The predicted octanol–water partition coefficient (Wildman–Crippen LogP) is 8.71. The minimum atomic E-state index is -0.311. The molecule has 0 aromatic heterocycles. The van der Waals surface area contributed by atoms with E-state index in [2.05, 4.69) is 63.7 Å². The Morgan fingerprint density at radius 3 is 1.25 bits per heavy atom. The molecule has 0 amide bonds. The van der Waals surface area contributed by atoms with Crippen LogP contribution in [0.4, 0.5) is 0 Å². The topological polar surface area (TPSA) is 57.5 Å². The zero-order chi connectivity index (χ0) is 23.0. The van der Waals surface area contributed by atoms with Crippen molar-refractivity contribution in [1.82, 2.24) is 0 Å². The van der Waals surface area contributed by atoms with Crippen molar-refractivity contribution in [3.05, 3.63) is 102 Å². The van der Waals surface area contributed by atoms with Crippen LogP contribution >= 0.6 is 63.7 Å². The van der Waals surface area contributed by atoms with Gasteiger partial charge in [-0.2, -0.15) is 0 Å². The summed E-state index contributed by atoms with van der Waals surface area (Å²) in [5, 5.41) is 21.4. The fraction of sp³-hybridized carbons (Fsp3) is 0. The molecule has 0 saturated heterocycles. The average molecular weight is 682 g/mol. The lowest BCUT2D eigenvalue weighted by molar-refractivity contribution is 0.103. The lowest BCUT2D eigenvalue weighted by atomic mass is 9.89. The van der Waals surface area contributed by atoms with E-state index in [1.54, 1.807) is 36.4 Å². The van der Waals surface area contributed by atoms with Crippen LogP contribution in [0.2, 0.25) is 0 Å². The molecule has 160 valence electrons. The van der Waals surface area contributed by atoms with Gasteiger partial charge in [0.15, 0.2) is 5.78 Å². The van der Waals surface area contributed by atoms with Crippen LogP contribution in [0.5, 0.6) is 11.5 Å². The Labute approximate surface area is 218 Å². The molecule has 0 heterocycles. The van der Waals surface area contributed by atoms with Gasteiger partial charge in [-0.15, -0.1) is 0 Å². The van der Waals surface area contributed by atoms with E-state index in [0.29, 0.717) is 33.4 Å². The van der Waals surface area contributed by atoms with Gasteiger partial charge < -0.3 is 10.2 Å². The van der Waals surface area contributed by atoms with Gasteiger partial charge in [-0.05, 0) is 59.7 Å². The second-order valence-corrected chi connectivity index (χ2v) is 10.7. The van der Waals surface area contributed by atoms with Crippen molar-refractivity contribution < 1.29 is 15.0 Å². The van der Waals surface area contributed by atoms with Gasteiger partial charge in [0.1, 0.15) is 11.5 Å². The Kier molecular flexibility index (Phi) is 6.91. The van der Waals surface area contributed by atoms with Gasteiger partial charge in [0.25, 0.3) is 0 Å². The highest BCUT2D eigenvalue weighted by Crippen LogP contribution is 2.40. The second kappa shape index (κ2) is 9.51. The number of carbonyl (C=O) groups excluding carboxylic acids is 1. The first-order chi connectivity index (χ1) is 15.2. The van der Waals surface area contributed by atoms with Gasteiger partial charge in [0.05, 0.1) is 0 Å². The molecule has 0 aliphatic rings. The van der Waals surface area contributed by atoms with Crippen LogP contribution in [0.3, 0.4) is 0 Å². The summed E-state index contributed by atoms with van der Waals surface area (Å²) in [6.07, 6.45) is 0. The highest BCUT2D eigenvalue weighted by Gasteiger charge is 2.23. The molecular formula is C25H14Br4O3. The Bertz CT molecular complexity index is 1220. The standard InChI is InChI=1S/C25H14Br4O3/c26-15-7-13(8-16(27)11-15)23-19(3-1-5-21(23)30)25(32)20-4-2-6-22(31)24(20)14-9-17(28)12-18(29)10-14/h1-12,30-31H. The maximum absolute atomic E-state index is 13.8. The molecule has 0 fully saturated rings. The molecule has 0 aliphatic heterocycles. The average Bonchev–Trinajstić information content (AvgIpc) is 2.71. The number of ketones is 1. The van der Waals surface area contributed by atoms with Crippen molar-refractivity contribution in [3.8, 4) is 33.8 Å². The predicted molar refractivity (Wildman–Crippen MR) is 141 cm³/mol. The molecule has 0 aliphatic carbocycles. The Hall–Kier alpha value is -1.93. The summed E-state index contributed by atoms with van der Waals surface area (Å²) in [6.45, 7) is 0. The van der Waals surface area contributed by atoms with E-state index in [1.165, 1.54) is 0 Å². The first-order valence-electron chi connectivity index (χ1n) is 9.36. The van der Waals surface area contributed by atoms with Crippen LogP contribution in [0.15, 0.2) is 90.7 Å². The molecule has 7 heteroatoms. The van der Waals surface area contributed by atoms with E-state index >= 15 is 0 Å². The number of phenols is 2. The highest BCUT2D eigenvalue weighted by molar-refractivity contribution is 9.11. The maximum atomic E-state index is 13.8. The number of hydrogen-bond donors (Lipinski definition) is 2. The van der Waals surface area contributed by atoms with Crippen molar-refractivity contribution in [2.24, 2.45) is 0 Å². The minimum absolute atomic E-state index is 0.00671. The van der Waals surface area contributed by atoms with E-state index in [9.17, 15) is 15.0 Å². The maximum Gasteiger partial charge on any atom is 0.194 e. The number of benzene rings is 4. The van der Waals surface area contributed by atoms with Crippen LogP contribution in [0.1, 0.15) is 15.9 Å². The summed E-state index contributed by atoms with van der Waals surface area (Å²) in [7, 11) is 0. The van der Waals surface area contributed by atoms with Crippen molar-refractivity contribution in [2.75, 3.05) is 0 Å². The smallest absolute Gasteiger partial charge is 0.194 e. The third kappa shape index (κ3) is 4.71. The number of phenolic OH excluding ortho intramolecular Hbond substituents is 2. The normalized spacial score (nSPS) is 10.9. The van der Waals surface area contributed by atoms with Gasteiger partial charge in [0.2, 0.25) is 0 Å². The fourth-order valence-corrected chi connectivity index (χ4v) is 6.19. The van der Waals surface area contributed by atoms with Crippen LogP contribution in [-0.2, 0) is 0 Å². The molecular weight excluding hydrogens is 668 g/mol. The summed E-state index contributed by atoms with van der Waals surface area (Å²) in [5.41, 5.74) is 2.86. The first kappa shape index (κ1) is 23.2. The van der Waals surface area contributed by atoms with Crippen LogP contribution < -0.4 is 0 Å². The molecule has 4 aromatic rings. The molecule has 4 aromatic carbocycles. The molecule has 4 rings (SSSR count). The highest BCUT2D eigenvalue weighted by atomic mass is 79.9. The molecule has 3 nitrogen and oxygen atoms in total. The zero-order valence-electron chi connectivity index (χ0n) is 16.2. The third-order valence-electron chi connectivity index (χ3n) is 4.88. The monoisotopic (exact) mass is 678 g/mol. The van der Waals surface area contributed by atoms with E-state index in [1.807, 2.05) is 36.4 Å². The van der Waals surface area contributed by atoms with Gasteiger partial charge >= 0.3 is 0 Å². The molecule has 0 unspecified atom stereocenters. The minimum Gasteiger partial charge on any atom is -0.507 e. The largest absolute Gasteiger partial charge is 0.507 e. The number of hydrogen-bond acceptors (Lipinski definition) is 3.